The van der Waals surface area contributed by atoms with Crippen LogP contribution in [0.5, 0.6) is 0 Å². The zero-order valence-corrected chi connectivity index (χ0v) is 7.06. The van der Waals surface area contributed by atoms with E-state index in [0.29, 0.717) is 12.7 Å². The van der Waals surface area contributed by atoms with Crippen LogP contribution in [0.1, 0.15) is 19.8 Å². The van der Waals surface area contributed by atoms with Crippen LogP contribution >= 0.6 is 11.8 Å². The number of rotatable bonds is 0. The van der Waals surface area contributed by atoms with E-state index in [1.165, 1.54) is 0 Å². The molecule has 0 radical (unpaired) electrons. The Balaban J connectivity index is 2.23. The van der Waals surface area contributed by atoms with Gasteiger partial charge in [-0.15, -0.1) is 11.8 Å². The summed E-state index contributed by atoms with van der Waals surface area (Å²) in [7, 11) is 0. The molecule has 1 rings (SSSR count). The van der Waals surface area contributed by atoms with E-state index in [9.17, 15) is 0 Å². The normalized spacial score (nSPS) is 36.6. The fourth-order valence-electron chi connectivity index (χ4n) is 0.968. The molecule has 2 atom stereocenters. The van der Waals surface area contributed by atoms with Crippen molar-refractivity contribution in [1.29, 1.82) is 0 Å². The topological polar surface area (TPSA) is 29.5 Å². The second-order valence-electron chi connectivity index (χ2n) is 2.61. The quantitative estimate of drug-likeness (QED) is 0.581. The fourth-order valence-corrected chi connectivity index (χ4v) is 1.75. The third kappa shape index (κ3) is 2.90. The van der Waals surface area contributed by atoms with E-state index < -0.39 is 0 Å². The molecule has 1 saturated heterocycles. The van der Waals surface area contributed by atoms with E-state index >= 15 is 0 Å². The second-order valence-corrected chi connectivity index (χ2v) is 3.90. The van der Waals surface area contributed by atoms with Crippen molar-refractivity contribution in [1.82, 2.24) is 0 Å². The van der Waals surface area contributed by atoms with Gasteiger partial charge in [-0.2, -0.15) is 0 Å². The van der Waals surface area contributed by atoms with E-state index in [2.05, 4.69) is 6.92 Å². The highest BCUT2D eigenvalue weighted by Crippen LogP contribution is 2.17. The molecule has 1 aliphatic heterocycles. The van der Waals surface area contributed by atoms with E-state index in [-0.39, 0.29) is 5.44 Å². The molecule has 1 N–H and O–H groups in total. The molecule has 60 valence electrons. The minimum atomic E-state index is -0.303. The van der Waals surface area contributed by atoms with Gasteiger partial charge in [0, 0.05) is 0 Å². The minimum absolute atomic E-state index is 0.303. The Labute approximate surface area is 66.0 Å². The summed E-state index contributed by atoms with van der Waals surface area (Å²) < 4.78 is 5.32. The SMILES string of the molecule is CC1CCCSC(O)CO1. The first-order chi connectivity index (χ1) is 4.79. The van der Waals surface area contributed by atoms with Gasteiger partial charge in [-0.3, -0.25) is 0 Å². The average Bonchev–Trinajstić information content (AvgIpc) is 1.90. The predicted molar refractivity (Wildman–Crippen MR) is 43.1 cm³/mol. The van der Waals surface area contributed by atoms with Crippen LogP contribution in [0.3, 0.4) is 0 Å². The Bertz CT molecular complexity index is 85.6. The average molecular weight is 162 g/mol. The number of aliphatic hydroxyl groups is 1. The summed E-state index contributed by atoms with van der Waals surface area (Å²) in [6, 6.07) is 0. The van der Waals surface area contributed by atoms with Gasteiger partial charge in [0.05, 0.1) is 12.7 Å². The molecule has 0 aliphatic carbocycles. The standard InChI is InChI=1S/C7H14O2S/c1-6-3-2-4-10-7(8)5-9-6/h6-8H,2-5H2,1H3. The molecule has 0 amide bonds. The summed E-state index contributed by atoms with van der Waals surface area (Å²) in [4.78, 5) is 0. The van der Waals surface area contributed by atoms with Crippen LogP contribution in [0.4, 0.5) is 0 Å². The summed E-state index contributed by atoms with van der Waals surface area (Å²) in [5.41, 5.74) is -0.303. The van der Waals surface area contributed by atoms with Gasteiger partial charge in [-0.25, -0.2) is 0 Å². The molecule has 1 fully saturated rings. The maximum Gasteiger partial charge on any atom is 0.123 e. The van der Waals surface area contributed by atoms with Crippen LogP contribution in [0.25, 0.3) is 0 Å². The molecule has 1 heterocycles. The Morgan fingerprint density at radius 2 is 2.40 bits per heavy atom. The van der Waals surface area contributed by atoms with E-state index in [0.717, 1.165) is 18.6 Å². The van der Waals surface area contributed by atoms with Crippen molar-refractivity contribution in [2.45, 2.75) is 31.3 Å². The Morgan fingerprint density at radius 1 is 1.60 bits per heavy atom. The monoisotopic (exact) mass is 162 g/mol. The lowest BCUT2D eigenvalue weighted by molar-refractivity contribution is 0.0217. The Morgan fingerprint density at radius 3 is 3.20 bits per heavy atom. The van der Waals surface area contributed by atoms with Crippen molar-refractivity contribution >= 4 is 11.8 Å². The molecule has 0 bridgehead atoms. The molecule has 0 saturated carbocycles. The zero-order valence-electron chi connectivity index (χ0n) is 6.25. The van der Waals surface area contributed by atoms with Crippen molar-refractivity contribution in [2.24, 2.45) is 0 Å². The van der Waals surface area contributed by atoms with Gasteiger partial charge in [0.25, 0.3) is 0 Å². The highest BCUT2D eigenvalue weighted by molar-refractivity contribution is 7.99. The van der Waals surface area contributed by atoms with Crippen LogP contribution in [-0.2, 0) is 4.74 Å². The summed E-state index contributed by atoms with van der Waals surface area (Å²) in [6.07, 6.45) is 2.61. The molecule has 0 aromatic rings. The van der Waals surface area contributed by atoms with Crippen molar-refractivity contribution in [3.8, 4) is 0 Å². The van der Waals surface area contributed by atoms with Crippen LogP contribution in [-0.4, -0.2) is 29.0 Å². The number of thioether (sulfide) groups is 1. The summed E-state index contributed by atoms with van der Waals surface area (Å²) >= 11 is 1.58. The van der Waals surface area contributed by atoms with Gasteiger partial charge in [0.2, 0.25) is 0 Å². The van der Waals surface area contributed by atoms with Crippen molar-refractivity contribution in [3.05, 3.63) is 0 Å². The highest BCUT2D eigenvalue weighted by atomic mass is 32.2. The van der Waals surface area contributed by atoms with Gasteiger partial charge in [-0.1, -0.05) is 0 Å². The van der Waals surface area contributed by atoms with E-state index in [4.69, 9.17) is 9.84 Å². The molecule has 0 aromatic carbocycles. The van der Waals surface area contributed by atoms with Crippen LogP contribution in [0.2, 0.25) is 0 Å². The number of ether oxygens (including phenoxy) is 1. The lowest BCUT2D eigenvalue weighted by Gasteiger charge is -2.19. The molecular weight excluding hydrogens is 148 g/mol. The Hall–Kier alpha value is 0.270. The molecule has 1 aliphatic rings. The van der Waals surface area contributed by atoms with Crippen molar-refractivity contribution in [2.75, 3.05) is 12.4 Å². The van der Waals surface area contributed by atoms with Gasteiger partial charge in [0.1, 0.15) is 5.44 Å². The van der Waals surface area contributed by atoms with E-state index in [1.54, 1.807) is 11.8 Å². The summed E-state index contributed by atoms with van der Waals surface area (Å²) in [5.74, 6) is 1.06. The molecule has 0 spiro atoms. The van der Waals surface area contributed by atoms with Crippen molar-refractivity contribution < 1.29 is 9.84 Å². The first-order valence-corrected chi connectivity index (χ1v) is 4.75. The van der Waals surface area contributed by atoms with Gasteiger partial charge in [-0.05, 0) is 25.5 Å². The van der Waals surface area contributed by atoms with Crippen LogP contribution in [0.15, 0.2) is 0 Å². The maximum atomic E-state index is 9.17. The predicted octanol–water partition coefficient (Wildman–Crippen LogP) is 1.24. The first-order valence-electron chi connectivity index (χ1n) is 3.70. The summed E-state index contributed by atoms with van der Waals surface area (Å²) in [6.45, 7) is 2.55. The van der Waals surface area contributed by atoms with Gasteiger partial charge in [0.15, 0.2) is 0 Å². The fraction of sp³-hybridized carbons (Fsp3) is 1.00. The molecular formula is C7H14O2S. The van der Waals surface area contributed by atoms with Crippen LogP contribution in [0, 0.1) is 0 Å². The lowest BCUT2D eigenvalue weighted by Crippen LogP contribution is -2.20. The largest absolute Gasteiger partial charge is 0.380 e. The molecule has 0 aromatic heterocycles. The lowest BCUT2D eigenvalue weighted by atomic mass is 10.2. The molecule has 3 heteroatoms. The second kappa shape index (κ2) is 4.21. The van der Waals surface area contributed by atoms with Gasteiger partial charge >= 0.3 is 0 Å². The molecule has 10 heavy (non-hydrogen) atoms. The first kappa shape index (κ1) is 8.37. The molecule has 2 unspecified atom stereocenters. The third-order valence-corrected chi connectivity index (χ3v) is 2.63. The van der Waals surface area contributed by atoms with Crippen LogP contribution < -0.4 is 0 Å². The highest BCUT2D eigenvalue weighted by Gasteiger charge is 2.11. The maximum absolute atomic E-state index is 9.17. The summed E-state index contributed by atoms with van der Waals surface area (Å²) in [5, 5.41) is 9.17. The third-order valence-electron chi connectivity index (χ3n) is 1.59. The number of hydrogen-bond donors (Lipinski definition) is 1. The van der Waals surface area contributed by atoms with Gasteiger partial charge < -0.3 is 9.84 Å². The van der Waals surface area contributed by atoms with Crippen molar-refractivity contribution in [3.63, 3.8) is 0 Å². The van der Waals surface area contributed by atoms with E-state index in [1.807, 2.05) is 0 Å². The number of aliphatic hydroxyl groups excluding tert-OH is 1. The smallest absolute Gasteiger partial charge is 0.123 e. The zero-order chi connectivity index (χ0) is 7.40. The molecule has 2 nitrogen and oxygen atoms in total. The minimum Gasteiger partial charge on any atom is -0.380 e. The number of hydrogen-bond acceptors (Lipinski definition) is 3. The Kier molecular flexibility index (Phi) is 3.52.